The Labute approximate surface area is 105 Å². The molecule has 1 N–H and O–H groups in total. The Kier molecular flexibility index (Phi) is 2.73. The van der Waals surface area contributed by atoms with Crippen molar-refractivity contribution in [2.45, 2.75) is 16.7 Å². The van der Waals surface area contributed by atoms with Crippen LogP contribution in [-0.2, 0) is 0 Å². The Morgan fingerprint density at radius 2 is 2.07 bits per heavy atom. The van der Waals surface area contributed by atoms with Gasteiger partial charge in [0.05, 0.1) is 5.56 Å². The first kappa shape index (κ1) is 11.2. The summed E-state index contributed by atoms with van der Waals surface area (Å²) in [6.07, 6.45) is 0.672. The topological polar surface area (TPSA) is 37.3 Å². The van der Waals surface area contributed by atoms with Crippen LogP contribution in [0.5, 0.6) is 0 Å². The van der Waals surface area contributed by atoms with Crippen molar-refractivity contribution in [3.05, 3.63) is 33.8 Å². The van der Waals surface area contributed by atoms with E-state index in [0.717, 1.165) is 10.0 Å². The van der Waals surface area contributed by atoms with E-state index in [9.17, 15) is 4.79 Å². The van der Waals surface area contributed by atoms with E-state index in [-0.39, 0.29) is 11.5 Å². The highest BCUT2D eigenvalue weighted by Gasteiger charge is 2.52. The maximum Gasteiger partial charge on any atom is 0.335 e. The van der Waals surface area contributed by atoms with Gasteiger partial charge in [-0.3, -0.25) is 0 Å². The normalized spacial score (nSPS) is 22.5. The largest absolute Gasteiger partial charge is 0.478 e. The molecular weight excluding hydrogens is 303 g/mol. The van der Waals surface area contributed by atoms with Gasteiger partial charge < -0.3 is 5.11 Å². The first-order valence-corrected chi connectivity index (χ1v) is 5.86. The van der Waals surface area contributed by atoms with Gasteiger partial charge in [0.15, 0.2) is 0 Å². The van der Waals surface area contributed by atoms with Crippen LogP contribution < -0.4 is 0 Å². The lowest BCUT2D eigenvalue weighted by Gasteiger charge is -2.04. The first-order valence-electron chi connectivity index (χ1n) is 4.32. The number of benzene rings is 1. The van der Waals surface area contributed by atoms with Crippen molar-refractivity contribution in [1.82, 2.24) is 0 Å². The Hall–Kier alpha value is -0.250. The minimum absolute atomic E-state index is 0.0384. The number of hydrogen-bond acceptors (Lipinski definition) is 1. The zero-order valence-corrected chi connectivity index (χ0v) is 10.6. The molecule has 0 bridgehead atoms. The van der Waals surface area contributed by atoms with Gasteiger partial charge in [-0.15, -0.1) is 23.2 Å². The van der Waals surface area contributed by atoms with Crippen LogP contribution in [0.25, 0.3) is 0 Å². The number of carbonyl (C=O) groups is 1. The number of hydrogen-bond donors (Lipinski definition) is 1. The standard InChI is InChI=1S/C10H7BrCl2O2/c11-7-2-5(8-4-10(8,12)13)1-6(3-7)9(14)15/h1-3,8H,4H2,(H,14,15). The van der Waals surface area contributed by atoms with E-state index in [1.807, 2.05) is 6.07 Å². The summed E-state index contributed by atoms with van der Waals surface area (Å²) in [5.41, 5.74) is 1.11. The molecule has 0 saturated heterocycles. The molecule has 0 amide bonds. The molecular formula is C10H7BrCl2O2. The molecule has 1 fully saturated rings. The van der Waals surface area contributed by atoms with Crippen LogP contribution in [0.4, 0.5) is 0 Å². The van der Waals surface area contributed by atoms with Crippen molar-refractivity contribution in [3.63, 3.8) is 0 Å². The van der Waals surface area contributed by atoms with Gasteiger partial charge in [0.25, 0.3) is 0 Å². The van der Waals surface area contributed by atoms with E-state index in [2.05, 4.69) is 15.9 Å². The van der Waals surface area contributed by atoms with Gasteiger partial charge >= 0.3 is 5.97 Å². The fourth-order valence-corrected chi connectivity index (χ4v) is 2.58. The zero-order valence-electron chi connectivity index (χ0n) is 7.51. The second-order valence-corrected chi connectivity index (χ2v) is 6.05. The number of rotatable bonds is 2. The summed E-state index contributed by atoms with van der Waals surface area (Å²) < 4.78 is 0.00440. The van der Waals surface area contributed by atoms with Crippen molar-refractivity contribution in [1.29, 1.82) is 0 Å². The third kappa shape index (κ3) is 2.30. The van der Waals surface area contributed by atoms with Crippen LogP contribution in [0.1, 0.15) is 28.3 Å². The Balaban J connectivity index is 2.37. The highest BCUT2D eigenvalue weighted by atomic mass is 79.9. The smallest absolute Gasteiger partial charge is 0.335 e. The number of aromatic carboxylic acids is 1. The lowest BCUT2D eigenvalue weighted by atomic mass is 10.1. The summed E-state index contributed by atoms with van der Waals surface area (Å²) in [6, 6.07) is 5.02. The Morgan fingerprint density at radius 1 is 1.47 bits per heavy atom. The van der Waals surface area contributed by atoms with Crippen LogP contribution in [-0.4, -0.2) is 15.4 Å². The van der Waals surface area contributed by atoms with E-state index < -0.39 is 10.3 Å². The predicted octanol–water partition coefficient (Wildman–Crippen LogP) is 3.81. The third-order valence-corrected chi connectivity index (χ3v) is 3.69. The monoisotopic (exact) mass is 308 g/mol. The molecule has 1 saturated carbocycles. The van der Waals surface area contributed by atoms with Crippen molar-refractivity contribution in [3.8, 4) is 0 Å². The number of halogens is 3. The molecule has 0 spiro atoms. The molecule has 1 aliphatic rings. The molecule has 0 heterocycles. The number of carboxylic acids is 1. The first-order chi connectivity index (χ1) is 6.90. The fourth-order valence-electron chi connectivity index (χ4n) is 1.51. The number of carboxylic acid groups (broad SMARTS) is 1. The molecule has 0 aromatic heterocycles. The Bertz CT molecular complexity index is 431. The SMILES string of the molecule is O=C(O)c1cc(Br)cc(C2CC2(Cl)Cl)c1. The summed E-state index contributed by atoms with van der Waals surface area (Å²) >= 11 is 15.1. The maximum atomic E-state index is 10.8. The average molecular weight is 310 g/mol. The van der Waals surface area contributed by atoms with Gasteiger partial charge in [-0.2, -0.15) is 0 Å². The summed E-state index contributed by atoms with van der Waals surface area (Å²) in [5.74, 6) is -0.913. The highest BCUT2D eigenvalue weighted by Crippen LogP contribution is 2.59. The minimum atomic E-state index is -0.951. The molecule has 1 atom stereocenters. The lowest BCUT2D eigenvalue weighted by Crippen LogP contribution is -1.98. The predicted molar refractivity (Wildman–Crippen MR) is 62.9 cm³/mol. The van der Waals surface area contributed by atoms with Crippen molar-refractivity contribution in [2.24, 2.45) is 0 Å². The van der Waals surface area contributed by atoms with Crippen LogP contribution >= 0.6 is 39.1 Å². The van der Waals surface area contributed by atoms with E-state index in [1.165, 1.54) is 0 Å². The van der Waals surface area contributed by atoms with Gasteiger partial charge in [0.2, 0.25) is 0 Å². The van der Waals surface area contributed by atoms with Gasteiger partial charge in [-0.1, -0.05) is 15.9 Å². The summed E-state index contributed by atoms with van der Waals surface area (Å²) in [5, 5.41) is 8.88. The van der Waals surface area contributed by atoms with E-state index in [0.29, 0.717) is 6.42 Å². The van der Waals surface area contributed by atoms with Gasteiger partial charge in [0.1, 0.15) is 4.33 Å². The Morgan fingerprint density at radius 3 is 2.53 bits per heavy atom. The van der Waals surface area contributed by atoms with Crippen molar-refractivity contribution < 1.29 is 9.90 Å². The molecule has 15 heavy (non-hydrogen) atoms. The van der Waals surface area contributed by atoms with Crippen LogP contribution in [0, 0.1) is 0 Å². The van der Waals surface area contributed by atoms with E-state index in [4.69, 9.17) is 28.3 Å². The molecule has 2 nitrogen and oxygen atoms in total. The van der Waals surface area contributed by atoms with Crippen LogP contribution in [0.15, 0.2) is 22.7 Å². The molecule has 2 rings (SSSR count). The van der Waals surface area contributed by atoms with E-state index >= 15 is 0 Å². The molecule has 0 radical (unpaired) electrons. The fraction of sp³-hybridized carbons (Fsp3) is 0.300. The maximum absolute atomic E-state index is 10.8. The van der Waals surface area contributed by atoms with Gasteiger partial charge in [-0.05, 0) is 30.2 Å². The quantitative estimate of drug-likeness (QED) is 0.844. The second-order valence-electron chi connectivity index (χ2n) is 3.60. The van der Waals surface area contributed by atoms with Gasteiger partial charge in [-0.25, -0.2) is 4.79 Å². The average Bonchev–Trinajstić information content (AvgIpc) is 2.74. The van der Waals surface area contributed by atoms with Crippen molar-refractivity contribution in [2.75, 3.05) is 0 Å². The molecule has 0 aliphatic heterocycles. The molecule has 1 aromatic rings. The van der Waals surface area contributed by atoms with Crippen LogP contribution in [0.2, 0.25) is 0 Å². The third-order valence-electron chi connectivity index (χ3n) is 2.40. The molecule has 1 aromatic carbocycles. The summed E-state index contributed by atoms with van der Waals surface area (Å²) in [4.78, 5) is 10.8. The zero-order chi connectivity index (χ0) is 11.2. The highest BCUT2D eigenvalue weighted by molar-refractivity contribution is 9.10. The van der Waals surface area contributed by atoms with Crippen LogP contribution in [0.3, 0.4) is 0 Å². The van der Waals surface area contributed by atoms with Gasteiger partial charge in [0, 0.05) is 10.4 Å². The van der Waals surface area contributed by atoms with E-state index in [1.54, 1.807) is 12.1 Å². The lowest BCUT2D eigenvalue weighted by molar-refractivity contribution is 0.0696. The molecule has 1 aliphatic carbocycles. The molecule has 80 valence electrons. The minimum Gasteiger partial charge on any atom is -0.478 e. The van der Waals surface area contributed by atoms with Crippen molar-refractivity contribution >= 4 is 45.1 Å². The number of alkyl halides is 2. The second kappa shape index (κ2) is 3.65. The summed E-state index contributed by atoms with van der Waals surface area (Å²) in [6.45, 7) is 0. The summed E-state index contributed by atoms with van der Waals surface area (Å²) in [7, 11) is 0. The molecule has 1 unspecified atom stereocenters. The molecule has 5 heteroatoms.